The average Bonchev–Trinajstić information content (AvgIpc) is 4.09. The molecule has 3 fully saturated rings. The van der Waals surface area contributed by atoms with Crippen molar-refractivity contribution in [2.45, 2.75) is 120 Å². The van der Waals surface area contributed by atoms with Crippen molar-refractivity contribution in [2.75, 3.05) is 13.1 Å². The number of halogens is 4. The number of aliphatic hydroxyl groups is 2. The van der Waals surface area contributed by atoms with Gasteiger partial charge >= 0.3 is 6.09 Å². The molecule has 3 N–H and O–H groups in total. The Hall–Kier alpha value is -4.17. The molecule has 20 heteroatoms. The van der Waals surface area contributed by atoms with Crippen LogP contribution in [0.2, 0.25) is 20.4 Å². The number of aliphatic hydroxyl groups excluding tert-OH is 2. The van der Waals surface area contributed by atoms with E-state index in [1.165, 1.54) is 12.7 Å². The number of nitrogens with zero attached hydrogens (tertiary/aromatic N) is 7. The third-order valence-corrected chi connectivity index (χ3v) is 13.7. The van der Waals surface area contributed by atoms with E-state index in [9.17, 15) is 15.0 Å². The predicted octanol–water partition coefficient (Wildman–Crippen LogP) is 7.93. The van der Waals surface area contributed by atoms with Gasteiger partial charge in [0.25, 0.3) is 0 Å². The largest absolute Gasteiger partial charge is 0.444 e. The molecule has 5 aliphatic heterocycles. The van der Waals surface area contributed by atoms with E-state index in [0.29, 0.717) is 55.4 Å². The number of carbonyl (C=O) groups excluding carboxylic acids is 1. The van der Waals surface area contributed by atoms with E-state index < -0.39 is 72.6 Å². The number of carbonyl (C=O) groups is 1. The zero-order chi connectivity index (χ0) is 46.4. The quantitative estimate of drug-likeness (QED) is 0.145. The molecule has 0 unspecified atom stereocenters. The molecule has 0 radical (unpaired) electrons. The molecular weight excluding hydrogens is 934 g/mol. The van der Waals surface area contributed by atoms with Gasteiger partial charge in [-0.05, 0) is 113 Å². The average molecular weight is 983 g/mol. The van der Waals surface area contributed by atoms with E-state index in [-0.39, 0.29) is 6.04 Å². The maximum Gasteiger partial charge on any atom is 0.410 e. The lowest BCUT2D eigenvalue weighted by Gasteiger charge is -2.41. The Morgan fingerprint density at radius 3 is 1.95 bits per heavy atom. The normalized spacial score (nSPS) is 29.0. The van der Waals surface area contributed by atoms with Gasteiger partial charge in [0.1, 0.15) is 76.5 Å². The smallest absolute Gasteiger partial charge is 0.410 e. The van der Waals surface area contributed by atoms with Gasteiger partial charge in [0.2, 0.25) is 0 Å². The van der Waals surface area contributed by atoms with Crippen LogP contribution < -0.4 is 5.32 Å². The number of benzene rings is 2. The standard InChI is InChI=1S/C27H30Cl2N4O5.C19H18Cl2N4O3/c1-26(2,3)38-25(34)32-10-8-14-12-15(28)6-7-16(14)18(32)19-20-21(37-27(4,5)36-20)24(35-19)33-11-9-17-22(29)30-13-31-23(17)33;20-10-1-2-11-9(7-10)3-5-22-13(11)16-14(26)15(27)19(28-16)25-6-4-12-17(21)23-8-24-18(12)25/h6-7,9,11-13,18-21,24H,8,10H2,1-5H3;1-2,4,6-8,13-16,19,22,26-27H,3,5H2/t18-,19-,20-,21-,24-;13-,14+,15-,16-,19-/m11/s1. The fourth-order valence-corrected chi connectivity index (χ4v) is 10.7. The van der Waals surface area contributed by atoms with Gasteiger partial charge in [-0.15, -0.1) is 0 Å². The first-order chi connectivity index (χ1) is 31.5. The Kier molecular flexibility index (Phi) is 12.0. The topological polar surface area (TPSA) is 180 Å². The van der Waals surface area contributed by atoms with Crippen LogP contribution in [0, 0.1) is 0 Å². The summed E-state index contributed by atoms with van der Waals surface area (Å²) in [5.41, 5.74) is 4.68. The summed E-state index contributed by atoms with van der Waals surface area (Å²) < 4.78 is 35.2. The fourth-order valence-electron chi connectivity index (χ4n) is 9.93. The summed E-state index contributed by atoms with van der Waals surface area (Å²) in [6.45, 7) is 10.5. The summed E-state index contributed by atoms with van der Waals surface area (Å²) in [4.78, 5) is 32.0. The van der Waals surface area contributed by atoms with Gasteiger partial charge in [-0.25, -0.2) is 24.7 Å². The molecule has 16 nitrogen and oxygen atoms in total. The monoisotopic (exact) mass is 980 g/mol. The first-order valence-electron chi connectivity index (χ1n) is 21.7. The summed E-state index contributed by atoms with van der Waals surface area (Å²) in [5.74, 6) is -0.848. The third-order valence-electron chi connectivity index (χ3n) is 12.7. The molecule has 348 valence electrons. The second-order valence-electron chi connectivity index (χ2n) is 18.5. The second kappa shape index (κ2) is 17.4. The molecular formula is C46H48Cl4N8O8. The lowest BCUT2D eigenvalue weighted by Crippen LogP contribution is -2.50. The highest BCUT2D eigenvalue weighted by atomic mass is 35.5. The van der Waals surface area contributed by atoms with E-state index >= 15 is 0 Å². The maximum absolute atomic E-state index is 13.5. The van der Waals surface area contributed by atoms with Crippen LogP contribution in [0.1, 0.15) is 81.4 Å². The zero-order valence-corrected chi connectivity index (χ0v) is 39.5. The van der Waals surface area contributed by atoms with Crippen molar-refractivity contribution in [3.05, 3.63) is 116 Å². The number of fused-ring (bicyclic) bond motifs is 5. The number of aromatic nitrogens is 6. The minimum atomic E-state index is -1.12. The third kappa shape index (κ3) is 8.31. The van der Waals surface area contributed by atoms with E-state index in [2.05, 4.69) is 25.3 Å². The van der Waals surface area contributed by atoms with Gasteiger partial charge < -0.3 is 48.3 Å². The Morgan fingerprint density at radius 1 is 0.742 bits per heavy atom. The van der Waals surface area contributed by atoms with Crippen molar-refractivity contribution in [3.63, 3.8) is 0 Å². The van der Waals surface area contributed by atoms with Crippen LogP contribution in [-0.4, -0.2) is 111 Å². The molecule has 0 bridgehead atoms. The van der Waals surface area contributed by atoms with Gasteiger partial charge in [-0.3, -0.25) is 4.90 Å². The molecule has 6 aromatic rings. The van der Waals surface area contributed by atoms with Gasteiger partial charge in [-0.2, -0.15) is 0 Å². The van der Waals surface area contributed by atoms with Gasteiger partial charge in [-0.1, -0.05) is 58.5 Å². The van der Waals surface area contributed by atoms with Crippen molar-refractivity contribution in [2.24, 2.45) is 0 Å². The molecule has 66 heavy (non-hydrogen) atoms. The molecule has 9 heterocycles. The number of hydrogen-bond acceptors (Lipinski definition) is 13. The second-order valence-corrected chi connectivity index (χ2v) is 20.1. The first kappa shape index (κ1) is 45.6. The summed E-state index contributed by atoms with van der Waals surface area (Å²) in [6.07, 6.45) is 1.80. The van der Waals surface area contributed by atoms with E-state index in [4.69, 9.17) is 70.1 Å². The molecule has 1 amide bonds. The van der Waals surface area contributed by atoms with Crippen LogP contribution in [0.3, 0.4) is 0 Å². The number of rotatable bonds is 4. The Balaban J connectivity index is 0.000000162. The lowest BCUT2D eigenvalue weighted by atomic mass is 9.87. The Bertz CT molecular complexity index is 2820. The molecule has 5 aliphatic rings. The van der Waals surface area contributed by atoms with Crippen LogP contribution in [0.4, 0.5) is 4.79 Å². The van der Waals surface area contributed by atoms with E-state index in [1.54, 1.807) is 21.7 Å². The fraction of sp³-hybridized carbons (Fsp3) is 0.457. The minimum Gasteiger partial charge on any atom is -0.444 e. The highest BCUT2D eigenvalue weighted by molar-refractivity contribution is 6.34. The molecule has 4 aromatic heterocycles. The SMILES string of the molecule is CC(C)(C)OC(=O)N1CCc2cc(Cl)ccc2[C@@H]1[C@H]1O[C@@H](n2ccc3c(Cl)ncnc32)[C@@H]2OC(C)(C)O[C@@H]21.O[C@@H]1[C@H](O)[C@@H]([C@@H]2NCCc3cc(Cl)ccc32)O[C@H]1n1ccc2c(Cl)ncnc21. The minimum absolute atomic E-state index is 0.254. The van der Waals surface area contributed by atoms with Gasteiger partial charge in [0.05, 0.1) is 22.9 Å². The van der Waals surface area contributed by atoms with Crippen LogP contribution in [0.5, 0.6) is 0 Å². The molecule has 10 atom stereocenters. The van der Waals surface area contributed by atoms with Crippen molar-refractivity contribution in [1.29, 1.82) is 0 Å². The zero-order valence-electron chi connectivity index (χ0n) is 36.5. The van der Waals surface area contributed by atoms with Crippen molar-refractivity contribution < 1.29 is 38.7 Å². The van der Waals surface area contributed by atoms with Crippen molar-refractivity contribution in [3.8, 4) is 0 Å². The van der Waals surface area contributed by atoms with Crippen LogP contribution in [0.15, 0.2) is 73.6 Å². The number of hydrogen-bond donors (Lipinski definition) is 3. The number of nitrogens with one attached hydrogen (secondary N) is 1. The highest BCUT2D eigenvalue weighted by Crippen LogP contribution is 2.50. The van der Waals surface area contributed by atoms with E-state index in [0.717, 1.165) is 35.2 Å². The molecule has 11 rings (SSSR count). The molecule has 2 aromatic carbocycles. The van der Waals surface area contributed by atoms with Crippen LogP contribution >= 0.6 is 46.4 Å². The van der Waals surface area contributed by atoms with Crippen molar-refractivity contribution >= 4 is 74.6 Å². The van der Waals surface area contributed by atoms with Crippen molar-refractivity contribution in [1.82, 2.24) is 39.3 Å². The van der Waals surface area contributed by atoms with E-state index in [1.807, 2.05) is 87.8 Å². The highest BCUT2D eigenvalue weighted by Gasteiger charge is 2.60. The number of ether oxygens (including phenoxy) is 5. The summed E-state index contributed by atoms with van der Waals surface area (Å²) >= 11 is 24.9. The molecule has 3 saturated heterocycles. The molecule has 0 aliphatic carbocycles. The number of amides is 1. The summed E-state index contributed by atoms with van der Waals surface area (Å²) in [5, 5.41) is 28.3. The Labute approximate surface area is 400 Å². The maximum atomic E-state index is 13.5. The molecule has 0 spiro atoms. The summed E-state index contributed by atoms with van der Waals surface area (Å²) in [7, 11) is 0. The predicted molar refractivity (Wildman–Crippen MR) is 245 cm³/mol. The summed E-state index contributed by atoms with van der Waals surface area (Å²) in [6, 6.07) is 14.4. The van der Waals surface area contributed by atoms with Gasteiger partial charge in [0.15, 0.2) is 18.2 Å². The van der Waals surface area contributed by atoms with Gasteiger partial charge in [0, 0.05) is 29.0 Å². The molecule has 0 saturated carbocycles. The Morgan fingerprint density at radius 2 is 1.32 bits per heavy atom. The lowest BCUT2D eigenvalue weighted by molar-refractivity contribution is -0.203. The first-order valence-corrected chi connectivity index (χ1v) is 23.2. The van der Waals surface area contributed by atoms with Crippen LogP contribution in [0.25, 0.3) is 22.1 Å². The van der Waals surface area contributed by atoms with Crippen LogP contribution in [-0.2, 0) is 36.5 Å².